The molecule has 0 aliphatic carbocycles. The van der Waals surface area contributed by atoms with Crippen LogP contribution in [-0.4, -0.2) is 54.3 Å². The Morgan fingerprint density at radius 2 is 2.07 bits per heavy atom. The number of ether oxygens (including phenoxy) is 1. The summed E-state index contributed by atoms with van der Waals surface area (Å²) in [4.78, 5) is 22.5. The summed E-state index contributed by atoms with van der Waals surface area (Å²) in [6.45, 7) is 4.77. The zero-order valence-corrected chi connectivity index (χ0v) is 16.6. The highest BCUT2D eigenvalue weighted by molar-refractivity contribution is 5.56. The summed E-state index contributed by atoms with van der Waals surface area (Å²) in [5, 5.41) is 3.37. The van der Waals surface area contributed by atoms with E-state index in [9.17, 15) is 4.79 Å². The minimum atomic E-state index is -0.0661. The van der Waals surface area contributed by atoms with Crippen molar-refractivity contribution in [1.29, 1.82) is 0 Å². The van der Waals surface area contributed by atoms with Crippen molar-refractivity contribution >= 4 is 0 Å². The predicted octanol–water partition coefficient (Wildman–Crippen LogP) is 2.51. The third-order valence-electron chi connectivity index (χ3n) is 5.96. The van der Waals surface area contributed by atoms with Crippen molar-refractivity contribution in [2.45, 2.75) is 44.2 Å². The second-order valence-electron chi connectivity index (χ2n) is 7.97. The van der Waals surface area contributed by atoms with Crippen LogP contribution in [0.15, 0.2) is 35.1 Å². The van der Waals surface area contributed by atoms with E-state index in [0.29, 0.717) is 17.8 Å². The van der Waals surface area contributed by atoms with Gasteiger partial charge in [0.2, 0.25) is 0 Å². The summed E-state index contributed by atoms with van der Waals surface area (Å²) in [5.74, 6) is 1.04. The molecule has 0 amide bonds. The Labute approximate surface area is 166 Å². The highest BCUT2D eigenvalue weighted by atomic mass is 16.5. The van der Waals surface area contributed by atoms with Crippen LogP contribution in [0.4, 0.5) is 0 Å². The van der Waals surface area contributed by atoms with Crippen molar-refractivity contribution in [2.75, 3.05) is 33.4 Å². The van der Waals surface area contributed by atoms with Gasteiger partial charge in [0.1, 0.15) is 5.82 Å². The van der Waals surface area contributed by atoms with Crippen molar-refractivity contribution in [3.05, 3.63) is 51.9 Å². The fraction of sp³-hybridized carbons (Fsp3) is 0.545. The fourth-order valence-electron chi connectivity index (χ4n) is 4.48. The maximum Gasteiger partial charge on any atom is 0.251 e. The predicted molar refractivity (Wildman–Crippen MR) is 110 cm³/mol. The van der Waals surface area contributed by atoms with Gasteiger partial charge in [0, 0.05) is 37.2 Å². The lowest BCUT2D eigenvalue weighted by Crippen LogP contribution is -2.32. The molecule has 3 heterocycles. The Kier molecular flexibility index (Phi) is 6.20. The van der Waals surface area contributed by atoms with Crippen LogP contribution in [0.2, 0.25) is 0 Å². The summed E-state index contributed by atoms with van der Waals surface area (Å²) in [6.07, 6.45) is 4.49. The van der Waals surface area contributed by atoms with Crippen molar-refractivity contribution in [1.82, 2.24) is 20.2 Å². The SMILES string of the molecule is COC[C@@H]1CCCN1Cc1cccc(-c2nc(C3CCNCC3)cc(=O)[nH]2)c1. The minimum absolute atomic E-state index is 0.0661. The lowest BCUT2D eigenvalue weighted by Gasteiger charge is -2.24. The third-order valence-corrected chi connectivity index (χ3v) is 5.96. The van der Waals surface area contributed by atoms with Gasteiger partial charge in [-0.15, -0.1) is 0 Å². The normalized spacial score (nSPS) is 21.2. The van der Waals surface area contributed by atoms with E-state index in [1.165, 1.54) is 18.4 Å². The molecule has 2 fully saturated rings. The maximum absolute atomic E-state index is 12.3. The van der Waals surface area contributed by atoms with E-state index in [1.807, 2.05) is 6.07 Å². The van der Waals surface area contributed by atoms with Crippen LogP contribution in [0.5, 0.6) is 0 Å². The lowest BCUT2D eigenvalue weighted by molar-refractivity contribution is 0.112. The number of rotatable bonds is 6. The summed E-state index contributed by atoms with van der Waals surface area (Å²) < 4.78 is 5.37. The first-order chi connectivity index (χ1) is 13.7. The van der Waals surface area contributed by atoms with Gasteiger partial charge in [-0.3, -0.25) is 9.69 Å². The van der Waals surface area contributed by atoms with Gasteiger partial charge in [0.15, 0.2) is 0 Å². The summed E-state index contributed by atoms with van der Waals surface area (Å²) in [5.41, 5.74) is 3.08. The van der Waals surface area contributed by atoms with Crippen LogP contribution >= 0.6 is 0 Å². The van der Waals surface area contributed by atoms with Gasteiger partial charge in [-0.05, 0) is 56.9 Å². The molecule has 6 nitrogen and oxygen atoms in total. The van der Waals surface area contributed by atoms with Crippen LogP contribution in [0, 0.1) is 0 Å². The molecule has 1 aromatic heterocycles. The topological polar surface area (TPSA) is 70.2 Å². The Morgan fingerprint density at radius 1 is 1.21 bits per heavy atom. The molecule has 28 heavy (non-hydrogen) atoms. The zero-order valence-electron chi connectivity index (χ0n) is 16.6. The molecule has 2 saturated heterocycles. The van der Waals surface area contributed by atoms with E-state index in [4.69, 9.17) is 9.72 Å². The third kappa shape index (κ3) is 4.51. The highest BCUT2D eigenvalue weighted by Crippen LogP contribution is 2.25. The van der Waals surface area contributed by atoms with Gasteiger partial charge in [0.05, 0.1) is 12.3 Å². The number of likely N-dealkylation sites (tertiary alicyclic amines) is 1. The number of hydrogen-bond donors (Lipinski definition) is 2. The highest BCUT2D eigenvalue weighted by Gasteiger charge is 2.24. The first-order valence-electron chi connectivity index (χ1n) is 10.4. The first kappa shape index (κ1) is 19.3. The number of piperidine rings is 1. The lowest BCUT2D eigenvalue weighted by atomic mass is 9.94. The number of H-pyrrole nitrogens is 1. The molecule has 2 aliphatic rings. The molecule has 1 aromatic carbocycles. The smallest absolute Gasteiger partial charge is 0.251 e. The van der Waals surface area contributed by atoms with Crippen molar-refractivity contribution in [2.24, 2.45) is 0 Å². The number of methoxy groups -OCH3 is 1. The van der Waals surface area contributed by atoms with Crippen LogP contribution in [0.1, 0.15) is 42.9 Å². The maximum atomic E-state index is 12.3. The molecule has 0 spiro atoms. The Bertz CT molecular complexity index is 844. The average molecular weight is 383 g/mol. The number of nitrogens with one attached hydrogen (secondary N) is 2. The van der Waals surface area contributed by atoms with E-state index in [-0.39, 0.29) is 5.56 Å². The van der Waals surface area contributed by atoms with E-state index < -0.39 is 0 Å². The van der Waals surface area contributed by atoms with Gasteiger partial charge >= 0.3 is 0 Å². The molecule has 0 saturated carbocycles. The Morgan fingerprint density at radius 3 is 2.89 bits per heavy atom. The van der Waals surface area contributed by atoms with Crippen LogP contribution in [-0.2, 0) is 11.3 Å². The number of aromatic nitrogens is 2. The number of nitrogens with zero attached hydrogens (tertiary/aromatic N) is 2. The summed E-state index contributed by atoms with van der Waals surface area (Å²) in [7, 11) is 1.77. The van der Waals surface area contributed by atoms with E-state index in [1.54, 1.807) is 13.2 Å². The second kappa shape index (κ2) is 8.99. The molecule has 0 radical (unpaired) electrons. The van der Waals surface area contributed by atoms with E-state index in [2.05, 4.69) is 33.4 Å². The van der Waals surface area contributed by atoms with Gasteiger partial charge in [-0.1, -0.05) is 18.2 Å². The second-order valence-corrected chi connectivity index (χ2v) is 7.97. The first-order valence-corrected chi connectivity index (χ1v) is 10.4. The molecule has 6 heteroatoms. The standard InChI is InChI=1S/C22H30N4O2/c1-28-15-19-6-3-11-26(19)14-16-4-2-5-18(12-16)22-24-20(13-21(27)25-22)17-7-9-23-10-8-17/h2,4-5,12-13,17,19,23H,3,6-11,14-15H2,1H3,(H,24,25,27)/t19-/m0/s1. The Hall–Kier alpha value is -2.02. The van der Waals surface area contributed by atoms with Crippen LogP contribution in [0.25, 0.3) is 11.4 Å². The largest absolute Gasteiger partial charge is 0.383 e. The molecule has 0 bridgehead atoms. The van der Waals surface area contributed by atoms with Gasteiger partial charge in [-0.25, -0.2) is 4.98 Å². The van der Waals surface area contributed by atoms with Gasteiger partial charge < -0.3 is 15.0 Å². The molecule has 150 valence electrons. The summed E-state index contributed by atoms with van der Waals surface area (Å²) >= 11 is 0. The summed E-state index contributed by atoms with van der Waals surface area (Å²) in [6, 6.07) is 10.6. The van der Waals surface area contributed by atoms with Crippen molar-refractivity contribution in [3.8, 4) is 11.4 Å². The number of benzene rings is 1. The van der Waals surface area contributed by atoms with E-state index in [0.717, 1.165) is 56.9 Å². The van der Waals surface area contributed by atoms with Crippen molar-refractivity contribution in [3.63, 3.8) is 0 Å². The molecule has 0 unspecified atom stereocenters. The molecular formula is C22H30N4O2. The fourth-order valence-corrected chi connectivity index (χ4v) is 4.48. The molecule has 2 N–H and O–H groups in total. The zero-order chi connectivity index (χ0) is 19.3. The molecule has 4 rings (SSSR count). The quantitative estimate of drug-likeness (QED) is 0.803. The molecule has 2 aliphatic heterocycles. The van der Waals surface area contributed by atoms with Crippen LogP contribution in [0.3, 0.4) is 0 Å². The minimum Gasteiger partial charge on any atom is -0.383 e. The molecule has 2 aromatic rings. The average Bonchev–Trinajstić information content (AvgIpc) is 3.15. The van der Waals surface area contributed by atoms with Gasteiger partial charge in [-0.2, -0.15) is 0 Å². The number of hydrogen-bond acceptors (Lipinski definition) is 5. The number of aromatic amines is 1. The van der Waals surface area contributed by atoms with E-state index >= 15 is 0 Å². The van der Waals surface area contributed by atoms with Gasteiger partial charge in [0.25, 0.3) is 5.56 Å². The van der Waals surface area contributed by atoms with Crippen molar-refractivity contribution < 1.29 is 4.74 Å². The monoisotopic (exact) mass is 382 g/mol. The molecular weight excluding hydrogens is 352 g/mol. The van der Waals surface area contributed by atoms with Crippen LogP contribution < -0.4 is 10.9 Å². The Balaban J connectivity index is 1.55. The molecule has 1 atom stereocenters.